The molecule has 0 aliphatic carbocycles. The molecule has 17 heavy (non-hydrogen) atoms. The van der Waals surface area contributed by atoms with Gasteiger partial charge in [0, 0.05) is 18.3 Å². The summed E-state index contributed by atoms with van der Waals surface area (Å²) in [4.78, 5) is 2.35. The summed E-state index contributed by atoms with van der Waals surface area (Å²) in [5.74, 6) is 2.46. The largest absolute Gasteiger partial charge is 0.488 e. The first-order chi connectivity index (χ1) is 8.16. The van der Waals surface area contributed by atoms with Gasteiger partial charge >= 0.3 is 7.12 Å². The van der Waals surface area contributed by atoms with Crippen molar-refractivity contribution in [3.63, 3.8) is 0 Å². The molecule has 1 atom stereocenters. The van der Waals surface area contributed by atoms with Gasteiger partial charge in [-0.05, 0) is 30.2 Å². The second kappa shape index (κ2) is 5.91. The van der Waals surface area contributed by atoms with Crippen molar-refractivity contribution in [2.24, 2.45) is 0 Å². The summed E-state index contributed by atoms with van der Waals surface area (Å²) in [6.07, 6.45) is 1.25. The molecule has 0 amide bonds. The highest BCUT2D eigenvalue weighted by atomic mass is 32.2. The Hall–Kier alpha value is -0.485. The van der Waals surface area contributed by atoms with E-state index in [4.69, 9.17) is 10.0 Å². The standard InChI is InChI=1S/C12H18BNO2S/c1-14(12-5-6-17-9-12)8-10-3-2-4-11(7-10)13(15)16/h2-4,7,12,15-16H,5-6,8-9H2,1H3. The van der Waals surface area contributed by atoms with Crippen LogP contribution in [0.4, 0.5) is 0 Å². The number of benzene rings is 1. The molecular weight excluding hydrogens is 233 g/mol. The lowest BCUT2D eigenvalue weighted by Crippen LogP contribution is -2.33. The van der Waals surface area contributed by atoms with Crippen LogP contribution in [0, 0.1) is 0 Å². The van der Waals surface area contributed by atoms with Crippen molar-refractivity contribution < 1.29 is 10.0 Å². The van der Waals surface area contributed by atoms with Gasteiger partial charge in [0.05, 0.1) is 0 Å². The van der Waals surface area contributed by atoms with Crippen LogP contribution in [0.5, 0.6) is 0 Å². The van der Waals surface area contributed by atoms with Crippen LogP contribution in [-0.2, 0) is 6.54 Å². The molecule has 1 heterocycles. The third-order valence-corrected chi connectivity index (χ3v) is 4.36. The van der Waals surface area contributed by atoms with Gasteiger partial charge in [-0.15, -0.1) is 0 Å². The van der Waals surface area contributed by atoms with Gasteiger partial charge in [0.1, 0.15) is 0 Å². The number of rotatable bonds is 4. The van der Waals surface area contributed by atoms with Gasteiger partial charge in [-0.25, -0.2) is 0 Å². The van der Waals surface area contributed by atoms with E-state index < -0.39 is 7.12 Å². The number of thioether (sulfide) groups is 1. The van der Waals surface area contributed by atoms with Crippen LogP contribution in [-0.4, -0.2) is 46.7 Å². The van der Waals surface area contributed by atoms with E-state index in [9.17, 15) is 0 Å². The molecule has 1 aliphatic rings. The van der Waals surface area contributed by atoms with Gasteiger partial charge in [0.2, 0.25) is 0 Å². The summed E-state index contributed by atoms with van der Waals surface area (Å²) in [6.45, 7) is 0.867. The molecule has 1 fully saturated rings. The summed E-state index contributed by atoms with van der Waals surface area (Å²) in [6, 6.07) is 8.16. The van der Waals surface area contributed by atoms with E-state index in [1.165, 1.54) is 17.9 Å². The molecule has 2 N–H and O–H groups in total. The van der Waals surface area contributed by atoms with E-state index in [2.05, 4.69) is 11.9 Å². The topological polar surface area (TPSA) is 43.7 Å². The minimum absolute atomic E-state index is 0.566. The van der Waals surface area contributed by atoms with Crippen molar-refractivity contribution in [3.05, 3.63) is 29.8 Å². The first-order valence-electron chi connectivity index (χ1n) is 5.90. The van der Waals surface area contributed by atoms with Gasteiger partial charge in [0.15, 0.2) is 0 Å². The Bertz CT molecular complexity index is 369. The summed E-state index contributed by atoms with van der Waals surface area (Å²) < 4.78 is 0. The maximum atomic E-state index is 9.13. The minimum Gasteiger partial charge on any atom is -0.423 e. The molecule has 0 radical (unpaired) electrons. The highest BCUT2D eigenvalue weighted by Crippen LogP contribution is 2.22. The quantitative estimate of drug-likeness (QED) is 0.756. The minimum atomic E-state index is -1.37. The molecule has 5 heteroatoms. The predicted molar refractivity (Wildman–Crippen MR) is 73.5 cm³/mol. The molecule has 0 spiro atoms. The summed E-state index contributed by atoms with van der Waals surface area (Å²) >= 11 is 2.01. The summed E-state index contributed by atoms with van der Waals surface area (Å²) in [5.41, 5.74) is 1.70. The first kappa shape index (κ1) is 13.0. The monoisotopic (exact) mass is 251 g/mol. The Morgan fingerprint density at radius 1 is 1.47 bits per heavy atom. The predicted octanol–water partition coefficient (Wildman–Crippen LogP) is 0.304. The smallest absolute Gasteiger partial charge is 0.423 e. The van der Waals surface area contributed by atoms with Crippen molar-refractivity contribution in [2.75, 3.05) is 18.6 Å². The van der Waals surface area contributed by atoms with Crippen LogP contribution in [0.3, 0.4) is 0 Å². The normalized spacial score (nSPS) is 19.9. The molecule has 0 bridgehead atoms. The van der Waals surface area contributed by atoms with Crippen LogP contribution in [0.25, 0.3) is 0 Å². The summed E-state index contributed by atoms with van der Waals surface area (Å²) in [5, 5.41) is 18.3. The van der Waals surface area contributed by atoms with Crippen LogP contribution in [0.15, 0.2) is 24.3 Å². The lowest BCUT2D eigenvalue weighted by molar-refractivity contribution is 0.254. The Balaban J connectivity index is 1.99. The van der Waals surface area contributed by atoms with Gasteiger partial charge in [-0.1, -0.05) is 24.3 Å². The highest BCUT2D eigenvalue weighted by molar-refractivity contribution is 7.99. The molecule has 1 aromatic carbocycles. The van der Waals surface area contributed by atoms with Crippen molar-refractivity contribution in [1.29, 1.82) is 0 Å². The molecule has 1 unspecified atom stereocenters. The van der Waals surface area contributed by atoms with E-state index in [0.717, 1.165) is 12.1 Å². The second-order valence-corrected chi connectivity index (χ2v) is 5.70. The maximum Gasteiger partial charge on any atom is 0.488 e. The van der Waals surface area contributed by atoms with Gasteiger partial charge in [0.25, 0.3) is 0 Å². The molecular formula is C12H18BNO2S. The van der Waals surface area contributed by atoms with Crippen molar-refractivity contribution in [1.82, 2.24) is 4.90 Å². The molecule has 0 saturated carbocycles. The molecule has 0 aromatic heterocycles. The van der Waals surface area contributed by atoms with Crippen LogP contribution in [0.2, 0.25) is 0 Å². The van der Waals surface area contributed by atoms with Crippen molar-refractivity contribution >= 4 is 24.3 Å². The van der Waals surface area contributed by atoms with Crippen LogP contribution < -0.4 is 5.46 Å². The molecule has 1 saturated heterocycles. The Morgan fingerprint density at radius 2 is 2.29 bits per heavy atom. The Kier molecular flexibility index (Phi) is 4.51. The molecule has 92 valence electrons. The average Bonchev–Trinajstić information content (AvgIpc) is 2.82. The zero-order valence-corrected chi connectivity index (χ0v) is 10.9. The third-order valence-electron chi connectivity index (χ3n) is 3.21. The SMILES string of the molecule is CN(Cc1cccc(B(O)O)c1)C1CCSC1. The van der Waals surface area contributed by atoms with E-state index in [0.29, 0.717) is 11.5 Å². The number of hydrogen-bond donors (Lipinski definition) is 2. The van der Waals surface area contributed by atoms with Crippen LogP contribution >= 0.6 is 11.8 Å². The van der Waals surface area contributed by atoms with E-state index >= 15 is 0 Å². The molecule has 1 aliphatic heterocycles. The molecule has 1 aromatic rings. The first-order valence-corrected chi connectivity index (χ1v) is 7.05. The molecule has 3 nitrogen and oxygen atoms in total. The van der Waals surface area contributed by atoms with Crippen molar-refractivity contribution in [3.8, 4) is 0 Å². The third kappa shape index (κ3) is 3.49. The fraction of sp³-hybridized carbons (Fsp3) is 0.500. The van der Waals surface area contributed by atoms with E-state index in [1.807, 2.05) is 30.0 Å². The summed E-state index contributed by atoms with van der Waals surface area (Å²) in [7, 11) is 0.765. The lowest BCUT2D eigenvalue weighted by Gasteiger charge is -2.23. The average molecular weight is 251 g/mol. The second-order valence-electron chi connectivity index (χ2n) is 4.55. The van der Waals surface area contributed by atoms with Gasteiger partial charge in [-0.2, -0.15) is 11.8 Å². The lowest BCUT2D eigenvalue weighted by atomic mass is 9.79. The number of nitrogens with zero attached hydrogens (tertiary/aromatic N) is 1. The van der Waals surface area contributed by atoms with E-state index in [-0.39, 0.29) is 0 Å². The zero-order chi connectivity index (χ0) is 12.3. The van der Waals surface area contributed by atoms with Gasteiger partial charge in [-0.3, -0.25) is 4.90 Å². The fourth-order valence-electron chi connectivity index (χ4n) is 2.14. The van der Waals surface area contributed by atoms with E-state index in [1.54, 1.807) is 6.07 Å². The highest BCUT2D eigenvalue weighted by Gasteiger charge is 2.20. The Labute approximate surface area is 107 Å². The molecule has 2 rings (SSSR count). The number of hydrogen-bond acceptors (Lipinski definition) is 4. The zero-order valence-electron chi connectivity index (χ0n) is 10.0. The fourth-order valence-corrected chi connectivity index (χ4v) is 3.44. The Morgan fingerprint density at radius 3 is 2.94 bits per heavy atom. The maximum absolute atomic E-state index is 9.13. The van der Waals surface area contributed by atoms with Crippen molar-refractivity contribution in [2.45, 2.75) is 19.0 Å². The van der Waals surface area contributed by atoms with Gasteiger partial charge < -0.3 is 10.0 Å². The van der Waals surface area contributed by atoms with Crippen LogP contribution in [0.1, 0.15) is 12.0 Å².